The Kier molecular flexibility index (Phi) is 4.54. The maximum Gasteiger partial charge on any atom is 0.409 e. The van der Waals surface area contributed by atoms with E-state index in [0.717, 1.165) is 16.0 Å². The Hall–Kier alpha value is -2.08. The van der Waals surface area contributed by atoms with Crippen molar-refractivity contribution in [1.29, 1.82) is 0 Å². The Morgan fingerprint density at radius 2 is 1.67 bits per heavy atom. The van der Waals surface area contributed by atoms with Crippen LogP contribution in [0.3, 0.4) is 0 Å². The summed E-state index contributed by atoms with van der Waals surface area (Å²) in [7, 11) is 0. The lowest BCUT2D eigenvalue weighted by atomic mass is 9.81. The van der Waals surface area contributed by atoms with Gasteiger partial charge in [-0.15, -0.1) is 0 Å². The van der Waals surface area contributed by atoms with E-state index in [0.29, 0.717) is 5.39 Å². The molecule has 0 radical (unpaired) electrons. The van der Waals surface area contributed by atoms with E-state index >= 15 is 0 Å². The van der Waals surface area contributed by atoms with Crippen LogP contribution >= 0.6 is 0 Å². The maximum atomic E-state index is 14.3. The summed E-state index contributed by atoms with van der Waals surface area (Å²) >= 11 is 0. The zero-order valence-electron chi connectivity index (χ0n) is 16.2. The number of carbonyl (C=O) groups is 1. The van der Waals surface area contributed by atoms with Crippen LogP contribution in [0.5, 0.6) is 0 Å². The van der Waals surface area contributed by atoms with Crippen molar-refractivity contribution in [2.24, 2.45) is 0 Å². The first kappa shape index (κ1) is 19.7. The summed E-state index contributed by atoms with van der Waals surface area (Å²) in [5.41, 5.74) is 2.20. The first-order chi connectivity index (χ1) is 12.3. The molecule has 0 aromatic heterocycles. The standard InChI is InChI=1S/C21H25F3N2O/c1-19(2,3)15-11-7-9-13-8-6-10-14(17(13)15)18(21(22,23)24)26-20(4,5)12-16(27)25-26/h6-11,18H,12H2,1-5H3,(H,25,27)/t18-/m0/s1. The monoisotopic (exact) mass is 378 g/mol. The number of hydrogen-bond donors (Lipinski definition) is 1. The predicted octanol–water partition coefficient (Wildman–Crippen LogP) is 5.26. The highest BCUT2D eigenvalue weighted by atomic mass is 19.4. The van der Waals surface area contributed by atoms with Crippen LogP contribution < -0.4 is 5.43 Å². The number of hydrazine groups is 1. The second-order valence-corrected chi connectivity index (χ2v) is 8.84. The van der Waals surface area contributed by atoms with Gasteiger partial charge in [0.1, 0.15) is 0 Å². The number of benzene rings is 2. The number of nitrogens with zero attached hydrogens (tertiary/aromatic N) is 1. The van der Waals surface area contributed by atoms with Gasteiger partial charge in [-0.3, -0.25) is 10.2 Å². The van der Waals surface area contributed by atoms with Gasteiger partial charge >= 0.3 is 6.18 Å². The third-order valence-corrected chi connectivity index (χ3v) is 5.10. The van der Waals surface area contributed by atoms with Gasteiger partial charge in [0.2, 0.25) is 5.91 Å². The molecular formula is C21H25F3N2O. The third kappa shape index (κ3) is 3.55. The van der Waals surface area contributed by atoms with E-state index in [2.05, 4.69) is 5.43 Å². The van der Waals surface area contributed by atoms with E-state index < -0.39 is 23.7 Å². The predicted molar refractivity (Wildman–Crippen MR) is 100 cm³/mol. The second kappa shape index (κ2) is 6.23. The largest absolute Gasteiger partial charge is 0.409 e. The molecule has 1 aliphatic heterocycles. The van der Waals surface area contributed by atoms with E-state index in [1.165, 1.54) is 6.07 Å². The average Bonchev–Trinajstić information content (AvgIpc) is 2.77. The fraction of sp³-hybridized carbons (Fsp3) is 0.476. The molecule has 1 fully saturated rings. The smallest absolute Gasteiger partial charge is 0.287 e. The summed E-state index contributed by atoms with van der Waals surface area (Å²) in [6.45, 7) is 9.27. The number of halogens is 3. The number of fused-ring (bicyclic) bond motifs is 1. The summed E-state index contributed by atoms with van der Waals surface area (Å²) in [5.74, 6) is -0.398. The number of nitrogens with one attached hydrogen (secondary N) is 1. The molecule has 0 spiro atoms. The van der Waals surface area contributed by atoms with Crippen LogP contribution in [0.25, 0.3) is 10.8 Å². The molecule has 3 nitrogen and oxygen atoms in total. The molecule has 0 aliphatic carbocycles. The third-order valence-electron chi connectivity index (χ3n) is 5.10. The van der Waals surface area contributed by atoms with Gasteiger partial charge in [0, 0.05) is 12.0 Å². The van der Waals surface area contributed by atoms with E-state index in [-0.39, 0.29) is 17.4 Å². The van der Waals surface area contributed by atoms with Crippen LogP contribution in [0.15, 0.2) is 36.4 Å². The normalized spacial score (nSPS) is 19.3. The van der Waals surface area contributed by atoms with Crippen molar-refractivity contribution in [3.8, 4) is 0 Å². The van der Waals surface area contributed by atoms with Gasteiger partial charge in [-0.05, 0) is 41.2 Å². The van der Waals surface area contributed by atoms with Crippen molar-refractivity contribution < 1.29 is 18.0 Å². The Labute approximate surface area is 157 Å². The Balaban J connectivity index is 2.32. The van der Waals surface area contributed by atoms with Gasteiger partial charge < -0.3 is 0 Å². The van der Waals surface area contributed by atoms with E-state index in [9.17, 15) is 18.0 Å². The molecule has 0 unspecified atom stereocenters. The van der Waals surface area contributed by atoms with Gasteiger partial charge in [-0.2, -0.15) is 18.2 Å². The molecule has 6 heteroatoms. The summed E-state index contributed by atoms with van der Waals surface area (Å²) in [5, 5.41) is 2.44. The van der Waals surface area contributed by atoms with Crippen molar-refractivity contribution in [2.45, 2.75) is 64.2 Å². The number of hydrogen-bond acceptors (Lipinski definition) is 2. The van der Waals surface area contributed by atoms with Crippen molar-refractivity contribution in [2.75, 3.05) is 0 Å². The van der Waals surface area contributed by atoms with Crippen molar-refractivity contribution in [3.63, 3.8) is 0 Å². The molecule has 0 bridgehead atoms. The van der Waals surface area contributed by atoms with Gasteiger partial charge in [0.25, 0.3) is 0 Å². The van der Waals surface area contributed by atoms with Crippen LogP contribution in [-0.4, -0.2) is 22.6 Å². The van der Waals surface area contributed by atoms with Crippen LogP contribution in [-0.2, 0) is 10.2 Å². The lowest BCUT2D eigenvalue weighted by molar-refractivity contribution is -0.203. The van der Waals surface area contributed by atoms with Gasteiger partial charge in [-0.1, -0.05) is 57.2 Å². The fourth-order valence-electron chi connectivity index (χ4n) is 3.90. The summed E-state index contributed by atoms with van der Waals surface area (Å²) in [6, 6.07) is 8.66. The summed E-state index contributed by atoms with van der Waals surface area (Å²) in [4.78, 5) is 11.9. The highest BCUT2D eigenvalue weighted by molar-refractivity contribution is 5.90. The number of rotatable bonds is 2. The SMILES string of the molecule is CC(C)(C)c1cccc2cccc([C@H](N3NC(=O)CC3(C)C)C(F)(F)F)c12. The Morgan fingerprint density at radius 1 is 1.07 bits per heavy atom. The number of amides is 1. The molecule has 1 aliphatic rings. The minimum absolute atomic E-state index is 0.0243. The minimum Gasteiger partial charge on any atom is -0.287 e. The molecule has 2 aromatic rings. The number of carbonyl (C=O) groups excluding carboxylic acids is 1. The first-order valence-corrected chi connectivity index (χ1v) is 9.00. The highest BCUT2D eigenvalue weighted by Gasteiger charge is 2.53. The number of alkyl halides is 3. The molecule has 0 saturated carbocycles. The quantitative estimate of drug-likeness (QED) is 0.773. The molecule has 1 atom stereocenters. The molecule has 1 N–H and O–H groups in total. The van der Waals surface area contributed by atoms with Gasteiger partial charge in [0.15, 0.2) is 6.04 Å². The molecule has 2 aromatic carbocycles. The zero-order valence-corrected chi connectivity index (χ0v) is 16.2. The molecule has 1 saturated heterocycles. The molecule has 1 amide bonds. The first-order valence-electron chi connectivity index (χ1n) is 9.00. The molecule has 27 heavy (non-hydrogen) atoms. The van der Waals surface area contributed by atoms with Crippen LogP contribution in [0.1, 0.15) is 58.2 Å². The highest BCUT2D eigenvalue weighted by Crippen LogP contribution is 2.46. The average molecular weight is 378 g/mol. The van der Waals surface area contributed by atoms with E-state index in [1.807, 2.05) is 45.0 Å². The van der Waals surface area contributed by atoms with Crippen molar-refractivity contribution in [3.05, 3.63) is 47.5 Å². The van der Waals surface area contributed by atoms with Crippen LogP contribution in [0.2, 0.25) is 0 Å². The Morgan fingerprint density at radius 3 is 2.15 bits per heavy atom. The van der Waals surface area contributed by atoms with Crippen molar-refractivity contribution in [1.82, 2.24) is 10.4 Å². The lowest BCUT2D eigenvalue weighted by Crippen LogP contribution is -2.51. The fourth-order valence-corrected chi connectivity index (χ4v) is 3.90. The summed E-state index contributed by atoms with van der Waals surface area (Å²) < 4.78 is 42.9. The van der Waals surface area contributed by atoms with Crippen LogP contribution in [0.4, 0.5) is 13.2 Å². The minimum atomic E-state index is -4.55. The lowest BCUT2D eigenvalue weighted by Gasteiger charge is -2.39. The van der Waals surface area contributed by atoms with E-state index in [1.54, 1.807) is 19.9 Å². The maximum absolute atomic E-state index is 14.3. The van der Waals surface area contributed by atoms with Gasteiger partial charge in [0.05, 0.1) is 0 Å². The zero-order chi connectivity index (χ0) is 20.2. The molecule has 1 heterocycles. The van der Waals surface area contributed by atoms with Crippen LogP contribution in [0, 0.1) is 0 Å². The second-order valence-electron chi connectivity index (χ2n) is 8.84. The Bertz CT molecular complexity index is 876. The van der Waals surface area contributed by atoms with E-state index in [4.69, 9.17) is 0 Å². The summed E-state index contributed by atoms with van der Waals surface area (Å²) in [6.07, 6.45) is -4.52. The van der Waals surface area contributed by atoms with Gasteiger partial charge in [-0.25, -0.2) is 0 Å². The molecular weight excluding hydrogens is 353 g/mol. The topological polar surface area (TPSA) is 32.3 Å². The molecule has 3 rings (SSSR count). The molecule has 146 valence electrons. The van der Waals surface area contributed by atoms with Crippen molar-refractivity contribution >= 4 is 16.7 Å².